The van der Waals surface area contributed by atoms with Crippen LogP contribution in [0.25, 0.3) is 0 Å². The Bertz CT molecular complexity index is 439. The van der Waals surface area contributed by atoms with Gasteiger partial charge in [-0.05, 0) is 12.8 Å². The minimum absolute atomic E-state index is 0.0969. The Balaban J connectivity index is 2.35. The molecule has 0 amide bonds. The summed E-state index contributed by atoms with van der Waals surface area (Å²) in [6.45, 7) is 1.02. The van der Waals surface area contributed by atoms with Crippen molar-refractivity contribution < 1.29 is 5.11 Å². The van der Waals surface area contributed by atoms with Crippen LogP contribution in [0.3, 0.4) is 0 Å². The summed E-state index contributed by atoms with van der Waals surface area (Å²) in [6.07, 6.45) is 4.42. The molecule has 1 fully saturated rings. The van der Waals surface area contributed by atoms with E-state index in [2.05, 4.69) is 25.2 Å². The molecule has 1 aromatic rings. The largest absolute Gasteiger partial charge is 0.394 e. The van der Waals surface area contributed by atoms with Gasteiger partial charge in [-0.15, -0.1) is 0 Å². The predicted molar refractivity (Wildman–Crippen MR) is 80.4 cm³/mol. The number of anilines is 3. The summed E-state index contributed by atoms with van der Waals surface area (Å²) in [6, 6.07) is 0.0969. The number of hydrogen-bond acceptors (Lipinski definition) is 7. The molecule has 0 aliphatic carbocycles. The van der Waals surface area contributed by atoms with E-state index in [0.717, 1.165) is 25.8 Å². The van der Waals surface area contributed by atoms with Crippen LogP contribution >= 0.6 is 0 Å². The second kappa shape index (κ2) is 6.69. The van der Waals surface area contributed by atoms with E-state index in [9.17, 15) is 5.11 Å². The first-order valence-electron chi connectivity index (χ1n) is 7.14. The number of aliphatic hydroxyl groups is 1. The molecule has 1 atom stereocenters. The van der Waals surface area contributed by atoms with Gasteiger partial charge in [-0.1, -0.05) is 12.8 Å². The van der Waals surface area contributed by atoms with E-state index in [1.165, 1.54) is 6.42 Å². The van der Waals surface area contributed by atoms with Gasteiger partial charge in [0.05, 0.1) is 12.6 Å². The Hall–Kier alpha value is -1.63. The molecule has 7 nitrogen and oxygen atoms in total. The van der Waals surface area contributed by atoms with Crippen LogP contribution < -0.4 is 15.1 Å². The van der Waals surface area contributed by atoms with Crippen LogP contribution in [0, 0.1) is 0 Å². The van der Waals surface area contributed by atoms with Gasteiger partial charge in [0.15, 0.2) is 0 Å². The van der Waals surface area contributed by atoms with Crippen molar-refractivity contribution in [3.05, 3.63) is 0 Å². The predicted octanol–water partition coefficient (Wildman–Crippen LogP) is 0.721. The van der Waals surface area contributed by atoms with Crippen molar-refractivity contribution in [3.63, 3.8) is 0 Å². The molecule has 1 unspecified atom stereocenters. The first kappa shape index (κ1) is 14.8. The normalized spacial score (nSPS) is 19.6. The maximum atomic E-state index is 9.61. The first-order valence-corrected chi connectivity index (χ1v) is 7.14. The molecular formula is C13H24N6O. The van der Waals surface area contributed by atoms with Gasteiger partial charge in [0.2, 0.25) is 17.8 Å². The molecule has 0 radical (unpaired) electrons. The summed E-state index contributed by atoms with van der Waals surface area (Å²) < 4.78 is 0. The fourth-order valence-corrected chi connectivity index (χ4v) is 2.42. The van der Waals surface area contributed by atoms with Gasteiger partial charge in [-0.2, -0.15) is 15.0 Å². The maximum Gasteiger partial charge on any atom is 0.232 e. The molecule has 1 aliphatic rings. The fraction of sp³-hybridized carbons (Fsp3) is 0.769. The van der Waals surface area contributed by atoms with Gasteiger partial charge in [0.25, 0.3) is 0 Å². The van der Waals surface area contributed by atoms with E-state index in [1.807, 2.05) is 19.0 Å². The molecule has 1 aromatic heterocycles. The molecule has 2 heterocycles. The van der Waals surface area contributed by atoms with Gasteiger partial charge in [-0.3, -0.25) is 0 Å². The average Bonchev–Trinajstić information content (AvgIpc) is 2.71. The Morgan fingerprint density at radius 3 is 2.70 bits per heavy atom. The van der Waals surface area contributed by atoms with Crippen molar-refractivity contribution in [2.24, 2.45) is 0 Å². The molecule has 0 bridgehead atoms. The van der Waals surface area contributed by atoms with Crippen molar-refractivity contribution in [1.82, 2.24) is 15.0 Å². The van der Waals surface area contributed by atoms with Crippen LogP contribution in [-0.2, 0) is 0 Å². The van der Waals surface area contributed by atoms with Crippen LogP contribution in [0.1, 0.15) is 25.7 Å². The van der Waals surface area contributed by atoms with Gasteiger partial charge >= 0.3 is 0 Å². The highest BCUT2D eigenvalue weighted by Gasteiger charge is 2.24. The smallest absolute Gasteiger partial charge is 0.232 e. The van der Waals surface area contributed by atoms with Crippen LogP contribution in [0.15, 0.2) is 0 Å². The highest BCUT2D eigenvalue weighted by Crippen LogP contribution is 2.23. The summed E-state index contributed by atoms with van der Waals surface area (Å²) >= 11 is 0. The average molecular weight is 280 g/mol. The summed E-state index contributed by atoms with van der Waals surface area (Å²) in [5.41, 5.74) is 0. The number of nitrogens with one attached hydrogen (secondary N) is 1. The lowest BCUT2D eigenvalue weighted by molar-refractivity contribution is 0.254. The standard InChI is InChI=1S/C13H24N6O/c1-14-11-15-12(18(2)3)17-13(16-11)19-8-6-4-5-7-10(19)9-20/h10,20H,4-9H2,1-3H3,(H,14,15,16,17). The first-order chi connectivity index (χ1) is 9.65. The van der Waals surface area contributed by atoms with Crippen LogP contribution in [-0.4, -0.2) is 60.4 Å². The second-order valence-electron chi connectivity index (χ2n) is 5.28. The third kappa shape index (κ3) is 3.27. The van der Waals surface area contributed by atoms with E-state index < -0.39 is 0 Å². The number of hydrogen-bond donors (Lipinski definition) is 2. The van der Waals surface area contributed by atoms with E-state index in [1.54, 1.807) is 7.05 Å². The molecule has 0 spiro atoms. The van der Waals surface area contributed by atoms with Crippen molar-refractivity contribution in [1.29, 1.82) is 0 Å². The van der Waals surface area contributed by atoms with E-state index in [-0.39, 0.29) is 12.6 Å². The van der Waals surface area contributed by atoms with Gasteiger partial charge in [-0.25, -0.2) is 0 Å². The molecule has 7 heteroatoms. The Morgan fingerprint density at radius 1 is 1.25 bits per heavy atom. The van der Waals surface area contributed by atoms with E-state index in [4.69, 9.17) is 0 Å². The third-order valence-electron chi connectivity index (χ3n) is 3.58. The molecular weight excluding hydrogens is 256 g/mol. The molecule has 20 heavy (non-hydrogen) atoms. The lowest BCUT2D eigenvalue weighted by Crippen LogP contribution is -2.39. The van der Waals surface area contributed by atoms with Crippen LogP contribution in [0.5, 0.6) is 0 Å². The Morgan fingerprint density at radius 2 is 2.05 bits per heavy atom. The molecule has 2 N–H and O–H groups in total. The van der Waals surface area contributed by atoms with Gasteiger partial charge in [0, 0.05) is 27.7 Å². The zero-order valence-electron chi connectivity index (χ0n) is 12.5. The molecule has 1 aliphatic heterocycles. The highest BCUT2D eigenvalue weighted by atomic mass is 16.3. The number of rotatable bonds is 4. The summed E-state index contributed by atoms with van der Waals surface area (Å²) in [5.74, 6) is 1.83. The zero-order valence-corrected chi connectivity index (χ0v) is 12.5. The summed E-state index contributed by atoms with van der Waals surface area (Å²) in [5, 5.41) is 12.6. The lowest BCUT2D eigenvalue weighted by Gasteiger charge is -2.29. The van der Waals surface area contributed by atoms with E-state index >= 15 is 0 Å². The topological polar surface area (TPSA) is 77.4 Å². The van der Waals surface area contributed by atoms with Gasteiger partial charge < -0.3 is 20.2 Å². The molecule has 112 valence electrons. The third-order valence-corrected chi connectivity index (χ3v) is 3.58. The Labute approximate surface area is 120 Å². The summed E-state index contributed by atoms with van der Waals surface area (Å²) in [4.78, 5) is 17.3. The Kier molecular flexibility index (Phi) is 4.94. The number of nitrogens with zero attached hydrogens (tertiary/aromatic N) is 5. The number of aromatic nitrogens is 3. The molecule has 0 saturated carbocycles. The quantitative estimate of drug-likeness (QED) is 0.841. The molecule has 1 saturated heterocycles. The van der Waals surface area contributed by atoms with Crippen molar-refractivity contribution in [3.8, 4) is 0 Å². The second-order valence-corrected chi connectivity index (χ2v) is 5.28. The lowest BCUT2D eigenvalue weighted by atomic mass is 10.1. The highest BCUT2D eigenvalue weighted by molar-refractivity contribution is 5.45. The van der Waals surface area contributed by atoms with Crippen molar-refractivity contribution in [2.75, 3.05) is 49.4 Å². The molecule has 2 rings (SSSR count). The van der Waals surface area contributed by atoms with Crippen LogP contribution in [0.2, 0.25) is 0 Å². The minimum atomic E-state index is 0.0969. The van der Waals surface area contributed by atoms with Crippen molar-refractivity contribution in [2.45, 2.75) is 31.7 Å². The molecule has 0 aromatic carbocycles. The number of aliphatic hydroxyl groups excluding tert-OH is 1. The SMILES string of the molecule is CNc1nc(N(C)C)nc(N2CCCCCC2CO)n1. The van der Waals surface area contributed by atoms with Gasteiger partial charge in [0.1, 0.15) is 0 Å². The minimum Gasteiger partial charge on any atom is -0.394 e. The zero-order chi connectivity index (χ0) is 14.5. The van der Waals surface area contributed by atoms with Crippen LogP contribution in [0.4, 0.5) is 17.8 Å². The maximum absolute atomic E-state index is 9.61. The fourth-order valence-electron chi connectivity index (χ4n) is 2.42. The van der Waals surface area contributed by atoms with E-state index in [0.29, 0.717) is 17.8 Å². The summed E-state index contributed by atoms with van der Waals surface area (Å²) in [7, 11) is 5.61. The monoisotopic (exact) mass is 280 g/mol. The van der Waals surface area contributed by atoms with Crippen molar-refractivity contribution >= 4 is 17.8 Å².